The van der Waals surface area contributed by atoms with Gasteiger partial charge in [0.1, 0.15) is 0 Å². The lowest BCUT2D eigenvalue weighted by Gasteiger charge is -2.23. The van der Waals surface area contributed by atoms with Crippen molar-refractivity contribution in [3.8, 4) is 0 Å². The van der Waals surface area contributed by atoms with E-state index in [1.807, 2.05) is 0 Å². The number of amides is 2. The second-order valence-corrected chi connectivity index (χ2v) is 15.8. The van der Waals surface area contributed by atoms with Gasteiger partial charge >= 0.3 is 0 Å². The molecule has 0 aromatic rings. The van der Waals surface area contributed by atoms with E-state index in [4.69, 9.17) is 0 Å². The first kappa shape index (κ1) is 50.8. The number of carbonyl (C=O) groups is 2. The van der Waals surface area contributed by atoms with Gasteiger partial charge in [-0.25, -0.2) is 10.9 Å². The van der Waals surface area contributed by atoms with Gasteiger partial charge in [0.25, 0.3) is 0 Å². The van der Waals surface area contributed by atoms with Crippen LogP contribution in [0.4, 0.5) is 0 Å². The molecule has 0 saturated carbocycles. The van der Waals surface area contributed by atoms with Crippen LogP contribution in [-0.2, 0) is 9.59 Å². The van der Waals surface area contributed by atoms with E-state index in [2.05, 4.69) is 35.6 Å². The van der Waals surface area contributed by atoms with E-state index >= 15 is 0 Å². The SMILES string of the molecule is CCCCCCCCCCCCCCCCCC(=O)NNC(CCO)CCC(CCO)NNC(=O)CCCCCCCCCCCCCCCCC. The summed E-state index contributed by atoms with van der Waals surface area (Å²) in [5.41, 5.74) is 11.9. The van der Waals surface area contributed by atoms with Gasteiger partial charge < -0.3 is 10.2 Å². The molecule has 52 heavy (non-hydrogen) atoms. The molecular weight excluding hydrogens is 649 g/mol. The Morgan fingerprint density at radius 1 is 0.365 bits per heavy atom. The van der Waals surface area contributed by atoms with Gasteiger partial charge in [0, 0.05) is 38.1 Å². The summed E-state index contributed by atoms with van der Waals surface area (Å²) in [6.45, 7) is 4.60. The number of hydrogen-bond donors (Lipinski definition) is 6. The second kappa shape index (κ2) is 42.5. The van der Waals surface area contributed by atoms with E-state index in [0.717, 1.165) is 25.7 Å². The van der Waals surface area contributed by atoms with Crippen LogP contribution < -0.4 is 21.7 Å². The van der Waals surface area contributed by atoms with E-state index in [1.165, 1.54) is 167 Å². The molecule has 0 saturated heterocycles. The summed E-state index contributed by atoms with van der Waals surface area (Å²) in [6, 6.07) is -0.150. The van der Waals surface area contributed by atoms with Crippen molar-refractivity contribution in [2.75, 3.05) is 13.2 Å². The topological polar surface area (TPSA) is 123 Å². The van der Waals surface area contributed by atoms with Crippen molar-refractivity contribution in [2.45, 2.75) is 257 Å². The number of hydrogen-bond acceptors (Lipinski definition) is 6. The molecule has 0 spiro atoms. The number of unbranched alkanes of at least 4 members (excludes halogenated alkanes) is 28. The van der Waals surface area contributed by atoms with Gasteiger partial charge in [-0.2, -0.15) is 0 Å². The number of hydrazine groups is 2. The highest BCUT2D eigenvalue weighted by Gasteiger charge is 2.15. The van der Waals surface area contributed by atoms with Crippen LogP contribution in [0.5, 0.6) is 0 Å². The minimum atomic E-state index is -0.0750. The van der Waals surface area contributed by atoms with Gasteiger partial charge in [-0.1, -0.05) is 194 Å². The first-order valence-electron chi connectivity index (χ1n) is 22.9. The highest BCUT2D eigenvalue weighted by Crippen LogP contribution is 2.15. The molecule has 0 rings (SSSR count). The van der Waals surface area contributed by atoms with Crippen molar-refractivity contribution in [2.24, 2.45) is 0 Å². The van der Waals surface area contributed by atoms with Gasteiger partial charge in [0.2, 0.25) is 11.8 Å². The Bertz CT molecular complexity index is 681. The average Bonchev–Trinajstić information content (AvgIpc) is 3.14. The van der Waals surface area contributed by atoms with Crippen molar-refractivity contribution in [3.05, 3.63) is 0 Å². The first-order chi connectivity index (χ1) is 25.6. The smallest absolute Gasteiger partial charge is 0.234 e. The fourth-order valence-electron chi connectivity index (χ4n) is 7.10. The van der Waals surface area contributed by atoms with Crippen LogP contribution in [0, 0.1) is 0 Å². The molecule has 0 fully saturated rings. The maximum absolute atomic E-state index is 12.4. The summed E-state index contributed by atoms with van der Waals surface area (Å²) < 4.78 is 0. The van der Waals surface area contributed by atoms with Crippen molar-refractivity contribution >= 4 is 11.8 Å². The van der Waals surface area contributed by atoms with Crippen molar-refractivity contribution in [3.63, 3.8) is 0 Å². The molecule has 2 amide bonds. The van der Waals surface area contributed by atoms with E-state index in [9.17, 15) is 19.8 Å². The Balaban J connectivity index is 3.86. The minimum absolute atomic E-state index is 0.00580. The molecule has 6 N–H and O–H groups in total. The Kier molecular flexibility index (Phi) is 41.5. The summed E-state index contributed by atoms with van der Waals surface area (Å²) in [4.78, 5) is 24.8. The quantitative estimate of drug-likeness (QED) is 0.0273. The van der Waals surface area contributed by atoms with Crippen LogP contribution >= 0.6 is 0 Å². The monoisotopic (exact) mass is 739 g/mol. The second-order valence-electron chi connectivity index (χ2n) is 15.8. The number of carbonyl (C=O) groups excluding carboxylic acids is 2. The zero-order valence-corrected chi connectivity index (χ0v) is 34.7. The average molecular weight is 739 g/mol. The summed E-state index contributed by atoms with van der Waals surface area (Å²) in [5, 5.41) is 19.1. The molecule has 310 valence electrons. The fraction of sp³-hybridized carbons (Fsp3) is 0.955. The first-order valence-corrected chi connectivity index (χ1v) is 22.9. The molecule has 2 atom stereocenters. The molecule has 0 aliphatic rings. The molecule has 8 heteroatoms. The predicted molar refractivity (Wildman–Crippen MR) is 222 cm³/mol. The van der Waals surface area contributed by atoms with Gasteiger partial charge in [-0.3, -0.25) is 20.4 Å². The minimum Gasteiger partial charge on any atom is -0.396 e. The molecule has 0 radical (unpaired) electrons. The van der Waals surface area contributed by atoms with E-state index in [-0.39, 0.29) is 37.1 Å². The van der Waals surface area contributed by atoms with Crippen LogP contribution in [0.25, 0.3) is 0 Å². The third-order valence-electron chi connectivity index (χ3n) is 10.7. The van der Waals surface area contributed by atoms with Crippen LogP contribution in [-0.4, -0.2) is 47.3 Å². The summed E-state index contributed by atoms with van der Waals surface area (Å²) in [6.07, 6.45) is 42.7. The number of rotatable bonds is 43. The highest BCUT2D eigenvalue weighted by molar-refractivity contribution is 5.75. The molecule has 8 nitrogen and oxygen atoms in total. The van der Waals surface area contributed by atoms with Crippen LogP contribution in [0.2, 0.25) is 0 Å². The maximum atomic E-state index is 12.4. The molecule has 0 aromatic heterocycles. The van der Waals surface area contributed by atoms with Crippen LogP contribution in [0.3, 0.4) is 0 Å². The normalized spacial score (nSPS) is 12.6. The molecule has 2 unspecified atom stereocenters. The largest absolute Gasteiger partial charge is 0.396 e. The highest BCUT2D eigenvalue weighted by atomic mass is 16.3. The molecule has 0 bridgehead atoms. The molecule has 0 aliphatic heterocycles. The van der Waals surface area contributed by atoms with Crippen LogP contribution in [0.15, 0.2) is 0 Å². The third-order valence-corrected chi connectivity index (χ3v) is 10.7. The summed E-state index contributed by atoms with van der Waals surface area (Å²) in [7, 11) is 0. The molecule has 0 heterocycles. The van der Waals surface area contributed by atoms with E-state index in [1.54, 1.807) is 0 Å². The standard InChI is InChI=1S/C44H90N4O4/c1-3-5-7-9-11-13-15-17-19-21-23-25-27-29-31-33-43(51)47-45-41(37-39-49)35-36-42(38-40-50)46-48-44(52)34-32-30-28-26-24-22-20-18-16-14-12-10-8-6-4-2/h41-42,45-46,49-50H,3-40H2,1-2H3,(H,47,51)(H,48,52). The predicted octanol–water partition coefficient (Wildman–Crippen LogP) is 11.0. The molecule has 0 aromatic carbocycles. The number of aliphatic hydroxyl groups excluding tert-OH is 2. The summed E-state index contributed by atoms with van der Waals surface area (Å²) in [5.74, 6) is -0.0116. The lowest BCUT2D eigenvalue weighted by molar-refractivity contribution is -0.123. The van der Waals surface area contributed by atoms with E-state index in [0.29, 0.717) is 38.5 Å². The number of aliphatic hydroxyl groups is 2. The van der Waals surface area contributed by atoms with Crippen molar-refractivity contribution < 1.29 is 19.8 Å². The summed E-state index contributed by atoms with van der Waals surface area (Å²) >= 11 is 0. The van der Waals surface area contributed by atoms with Crippen molar-refractivity contribution in [1.29, 1.82) is 0 Å². The Labute approximate surface area is 322 Å². The Hall–Kier alpha value is -1.22. The third kappa shape index (κ3) is 38.5. The zero-order valence-electron chi connectivity index (χ0n) is 34.7. The van der Waals surface area contributed by atoms with Gasteiger partial charge in [-0.15, -0.1) is 0 Å². The lowest BCUT2D eigenvalue weighted by atomic mass is 10.0. The number of nitrogens with one attached hydrogen (secondary N) is 4. The Morgan fingerprint density at radius 2 is 0.596 bits per heavy atom. The zero-order chi connectivity index (χ0) is 38.0. The molecule has 0 aliphatic carbocycles. The van der Waals surface area contributed by atoms with Gasteiger partial charge in [-0.05, 0) is 38.5 Å². The van der Waals surface area contributed by atoms with Crippen LogP contribution in [0.1, 0.15) is 245 Å². The maximum Gasteiger partial charge on any atom is 0.234 e. The van der Waals surface area contributed by atoms with Gasteiger partial charge in [0.05, 0.1) is 0 Å². The fourth-order valence-corrected chi connectivity index (χ4v) is 7.10. The Morgan fingerprint density at radius 3 is 0.827 bits per heavy atom. The van der Waals surface area contributed by atoms with E-state index < -0.39 is 0 Å². The van der Waals surface area contributed by atoms with Gasteiger partial charge in [0.15, 0.2) is 0 Å². The molecular formula is C44H90N4O4. The van der Waals surface area contributed by atoms with Crippen molar-refractivity contribution in [1.82, 2.24) is 21.7 Å². The lowest BCUT2D eigenvalue weighted by Crippen LogP contribution is -2.47.